The number of nitrogens with one attached hydrogen (secondary N) is 1. The van der Waals surface area contributed by atoms with Crippen molar-refractivity contribution in [2.24, 2.45) is 0 Å². The molecule has 2 aromatic rings. The van der Waals surface area contributed by atoms with Crippen LogP contribution >= 0.6 is 11.6 Å². The fourth-order valence-corrected chi connectivity index (χ4v) is 2.35. The summed E-state index contributed by atoms with van der Waals surface area (Å²) < 4.78 is 5.15. The number of nitrogens with zero attached hydrogens (tertiary/aromatic N) is 1. The number of fused-ring (bicyclic) bond motifs is 1. The molecule has 1 aliphatic rings. The minimum absolute atomic E-state index is 0.246. The molecular weight excluding hydrogens is 252 g/mol. The Kier molecular flexibility index (Phi) is 2.80. The van der Waals surface area contributed by atoms with Crippen LogP contribution in [0, 0.1) is 0 Å². The average Bonchev–Trinajstić information content (AvgIpc) is 2.89. The molecule has 3 rings (SSSR count). The topological polar surface area (TPSA) is 55.1 Å². The Labute approximate surface area is 109 Å². The van der Waals surface area contributed by atoms with Gasteiger partial charge in [0, 0.05) is 22.7 Å². The highest BCUT2D eigenvalue weighted by Gasteiger charge is 2.25. The molecule has 0 saturated carbocycles. The van der Waals surface area contributed by atoms with Gasteiger partial charge in [-0.2, -0.15) is 0 Å². The molecule has 0 bridgehead atoms. The Bertz CT molecular complexity index is 607. The SMILES string of the molecule is O=C(Nc1cccc(Cl)c1)c1noc2c1CCC2. The first-order chi connectivity index (χ1) is 8.74. The fraction of sp³-hybridized carbons (Fsp3) is 0.231. The van der Waals surface area contributed by atoms with Crippen LogP contribution in [0.3, 0.4) is 0 Å². The van der Waals surface area contributed by atoms with Crippen LogP contribution in [0.5, 0.6) is 0 Å². The van der Waals surface area contributed by atoms with E-state index >= 15 is 0 Å². The Morgan fingerprint density at radius 1 is 1.39 bits per heavy atom. The maximum Gasteiger partial charge on any atom is 0.278 e. The molecule has 0 aliphatic heterocycles. The fourth-order valence-electron chi connectivity index (χ4n) is 2.16. The smallest absolute Gasteiger partial charge is 0.278 e. The summed E-state index contributed by atoms with van der Waals surface area (Å²) in [6.45, 7) is 0. The van der Waals surface area contributed by atoms with Crippen molar-refractivity contribution in [1.82, 2.24) is 5.16 Å². The van der Waals surface area contributed by atoms with E-state index < -0.39 is 0 Å². The third-order valence-corrected chi connectivity index (χ3v) is 3.23. The van der Waals surface area contributed by atoms with Crippen LogP contribution in [0.15, 0.2) is 28.8 Å². The van der Waals surface area contributed by atoms with Gasteiger partial charge in [0.15, 0.2) is 5.69 Å². The number of aryl methyl sites for hydroxylation is 1. The summed E-state index contributed by atoms with van der Waals surface area (Å²) in [5.74, 6) is 0.593. The molecule has 1 aromatic carbocycles. The highest BCUT2D eigenvalue weighted by molar-refractivity contribution is 6.30. The summed E-state index contributed by atoms with van der Waals surface area (Å²) in [5.41, 5.74) is 1.99. The van der Waals surface area contributed by atoms with E-state index in [1.54, 1.807) is 24.3 Å². The molecule has 0 atom stereocenters. The standard InChI is InChI=1S/C13H11ClN2O2/c14-8-3-1-4-9(7-8)15-13(17)12-10-5-2-6-11(10)18-16-12/h1,3-4,7H,2,5-6H2,(H,15,17). The number of hydrogen-bond donors (Lipinski definition) is 1. The minimum Gasteiger partial charge on any atom is -0.360 e. The molecule has 1 N–H and O–H groups in total. The van der Waals surface area contributed by atoms with Gasteiger partial charge in [-0.25, -0.2) is 0 Å². The summed E-state index contributed by atoms with van der Waals surface area (Å²) in [5, 5.41) is 7.19. The van der Waals surface area contributed by atoms with Crippen molar-refractivity contribution in [3.63, 3.8) is 0 Å². The van der Waals surface area contributed by atoms with Gasteiger partial charge in [-0.15, -0.1) is 0 Å². The van der Waals surface area contributed by atoms with Gasteiger partial charge in [-0.3, -0.25) is 4.79 Å². The maximum absolute atomic E-state index is 12.1. The monoisotopic (exact) mass is 262 g/mol. The van der Waals surface area contributed by atoms with Crippen molar-refractivity contribution >= 4 is 23.2 Å². The lowest BCUT2D eigenvalue weighted by Crippen LogP contribution is -2.14. The number of halogens is 1. The van der Waals surface area contributed by atoms with Crippen molar-refractivity contribution < 1.29 is 9.32 Å². The molecule has 0 spiro atoms. The molecule has 0 radical (unpaired) electrons. The van der Waals surface area contributed by atoms with E-state index in [4.69, 9.17) is 16.1 Å². The number of rotatable bonds is 2. The van der Waals surface area contributed by atoms with Gasteiger partial charge < -0.3 is 9.84 Å². The molecule has 1 aromatic heterocycles. The Morgan fingerprint density at radius 3 is 3.11 bits per heavy atom. The van der Waals surface area contributed by atoms with E-state index in [-0.39, 0.29) is 5.91 Å². The highest BCUT2D eigenvalue weighted by Crippen LogP contribution is 2.25. The number of amides is 1. The van der Waals surface area contributed by atoms with Crippen LogP contribution in [0.1, 0.15) is 28.2 Å². The van der Waals surface area contributed by atoms with Gasteiger partial charge in [-0.05, 0) is 31.0 Å². The predicted octanol–water partition coefficient (Wildman–Crippen LogP) is 3.07. The van der Waals surface area contributed by atoms with Gasteiger partial charge in [0.1, 0.15) is 5.76 Å². The van der Waals surface area contributed by atoms with Crippen molar-refractivity contribution in [3.8, 4) is 0 Å². The zero-order valence-corrected chi connectivity index (χ0v) is 10.3. The lowest BCUT2D eigenvalue weighted by atomic mass is 10.2. The number of benzene rings is 1. The zero-order valence-electron chi connectivity index (χ0n) is 9.57. The third kappa shape index (κ3) is 1.99. The van der Waals surface area contributed by atoms with Gasteiger partial charge in [0.25, 0.3) is 5.91 Å². The molecule has 5 heteroatoms. The normalized spacial score (nSPS) is 13.4. The van der Waals surface area contributed by atoms with Gasteiger partial charge in [0.2, 0.25) is 0 Å². The Morgan fingerprint density at radius 2 is 2.28 bits per heavy atom. The second-order valence-electron chi connectivity index (χ2n) is 4.25. The molecule has 1 aliphatic carbocycles. The van der Waals surface area contributed by atoms with Crippen LogP contribution in [0.25, 0.3) is 0 Å². The van der Waals surface area contributed by atoms with Crippen LogP contribution in [0.2, 0.25) is 5.02 Å². The molecule has 0 saturated heterocycles. The summed E-state index contributed by atoms with van der Waals surface area (Å²) in [7, 11) is 0. The summed E-state index contributed by atoms with van der Waals surface area (Å²) >= 11 is 5.86. The number of carbonyl (C=O) groups excluding carboxylic acids is 1. The largest absolute Gasteiger partial charge is 0.360 e. The lowest BCUT2D eigenvalue weighted by Gasteiger charge is -2.03. The van der Waals surface area contributed by atoms with Crippen molar-refractivity contribution in [1.29, 1.82) is 0 Å². The quantitative estimate of drug-likeness (QED) is 0.905. The molecule has 4 nitrogen and oxygen atoms in total. The number of aromatic nitrogens is 1. The van der Waals surface area contributed by atoms with Crippen LogP contribution in [-0.4, -0.2) is 11.1 Å². The highest BCUT2D eigenvalue weighted by atomic mass is 35.5. The Balaban J connectivity index is 1.83. The van der Waals surface area contributed by atoms with Crippen molar-refractivity contribution in [2.45, 2.75) is 19.3 Å². The van der Waals surface area contributed by atoms with E-state index in [2.05, 4.69) is 10.5 Å². The minimum atomic E-state index is -0.246. The molecular formula is C13H11ClN2O2. The molecule has 0 fully saturated rings. The van der Waals surface area contributed by atoms with E-state index in [0.717, 1.165) is 30.6 Å². The summed E-state index contributed by atoms with van der Waals surface area (Å²) in [6, 6.07) is 7.01. The van der Waals surface area contributed by atoms with Crippen molar-refractivity contribution in [3.05, 3.63) is 46.3 Å². The van der Waals surface area contributed by atoms with Gasteiger partial charge in [-0.1, -0.05) is 22.8 Å². The van der Waals surface area contributed by atoms with E-state index in [0.29, 0.717) is 16.4 Å². The summed E-state index contributed by atoms with van der Waals surface area (Å²) in [4.78, 5) is 12.1. The van der Waals surface area contributed by atoms with E-state index in [1.165, 1.54) is 0 Å². The van der Waals surface area contributed by atoms with Crippen LogP contribution in [0.4, 0.5) is 5.69 Å². The first kappa shape index (κ1) is 11.3. The van der Waals surface area contributed by atoms with Gasteiger partial charge >= 0.3 is 0 Å². The van der Waals surface area contributed by atoms with Crippen LogP contribution < -0.4 is 5.32 Å². The van der Waals surface area contributed by atoms with E-state index in [1.807, 2.05) is 0 Å². The van der Waals surface area contributed by atoms with Gasteiger partial charge in [0.05, 0.1) is 0 Å². The molecule has 92 valence electrons. The lowest BCUT2D eigenvalue weighted by molar-refractivity contribution is 0.101. The molecule has 18 heavy (non-hydrogen) atoms. The first-order valence-electron chi connectivity index (χ1n) is 5.78. The second kappa shape index (κ2) is 4.46. The Hall–Kier alpha value is -1.81. The average molecular weight is 263 g/mol. The number of hydrogen-bond acceptors (Lipinski definition) is 3. The van der Waals surface area contributed by atoms with E-state index in [9.17, 15) is 4.79 Å². The molecule has 0 unspecified atom stereocenters. The maximum atomic E-state index is 12.1. The number of anilines is 1. The second-order valence-corrected chi connectivity index (χ2v) is 4.69. The molecule has 1 amide bonds. The third-order valence-electron chi connectivity index (χ3n) is 3.00. The predicted molar refractivity (Wildman–Crippen MR) is 67.9 cm³/mol. The first-order valence-corrected chi connectivity index (χ1v) is 6.16. The summed E-state index contributed by atoms with van der Waals surface area (Å²) in [6.07, 6.45) is 2.75. The number of carbonyl (C=O) groups is 1. The van der Waals surface area contributed by atoms with Crippen molar-refractivity contribution in [2.75, 3.05) is 5.32 Å². The molecule has 1 heterocycles. The van der Waals surface area contributed by atoms with Crippen LogP contribution in [-0.2, 0) is 12.8 Å². The zero-order chi connectivity index (χ0) is 12.5.